The van der Waals surface area contributed by atoms with E-state index in [2.05, 4.69) is 26.1 Å². The summed E-state index contributed by atoms with van der Waals surface area (Å²) < 4.78 is 10.7. The Labute approximate surface area is 114 Å². The molecule has 0 amide bonds. The summed E-state index contributed by atoms with van der Waals surface area (Å²) in [6, 6.07) is 4.02. The Hall–Kier alpha value is -0.930. The largest absolute Gasteiger partial charge is 0.495 e. The van der Waals surface area contributed by atoms with Gasteiger partial charge in [0.2, 0.25) is 0 Å². The Morgan fingerprint density at radius 3 is 2.17 bits per heavy atom. The van der Waals surface area contributed by atoms with Crippen molar-refractivity contribution in [1.82, 2.24) is 5.32 Å². The van der Waals surface area contributed by atoms with Gasteiger partial charge >= 0.3 is 0 Å². The summed E-state index contributed by atoms with van der Waals surface area (Å²) in [6.07, 6.45) is 0. The Morgan fingerprint density at radius 1 is 1.17 bits per heavy atom. The number of hydrogen-bond acceptors (Lipinski definition) is 3. The molecule has 1 rings (SSSR count). The molecule has 0 heterocycles. The first kappa shape index (κ1) is 15.1. The van der Waals surface area contributed by atoms with E-state index < -0.39 is 0 Å². The van der Waals surface area contributed by atoms with E-state index in [0.717, 1.165) is 5.56 Å². The van der Waals surface area contributed by atoms with Gasteiger partial charge in [-0.05, 0) is 24.6 Å². The van der Waals surface area contributed by atoms with Crippen LogP contribution in [0.4, 0.5) is 0 Å². The monoisotopic (exact) mass is 271 g/mol. The first-order valence-corrected chi connectivity index (χ1v) is 6.32. The number of benzene rings is 1. The summed E-state index contributed by atoms with van der Waals surface area (Å²) in [6.45, 7) is 6.52. The summed E-state index contributed by atoms with van der Waals surface area (Å²) in [5.74, 6) is 1.30. The Kier molecular flexibility index (Phi) is 4.88. The lowest BCUT2D eigenvalue weighted by Gasteiger charge is -2.32. The predicted molar refractivity (Wildman–Crippen MR) is 75.8 cm³/mol. The van der Waals surface area contributed by atoms with Crippen LogP contribution in [0.2, 0.25) is 5.02 Å². The standard InChI is InChI=1S/C14H22ClNO2/c1-14(2,3)13(16-4)9-7-8-10(17-5)11(15)12(9)18-6/h7-8,13,16H,1-6H3. The number of methoxy groups -OCH3 is 2. The molecule has 18 heavy (non-hydrogen) atoms. The number of halogens is 1. The second-order valence-corrected chi connectivity index (χ2v) is 5.67. The molecule has 0 aliphatic rings. The molecule has 0 saturated carbocycles. The number of rotatable bonds is 4. The van der Waals surface area contributed by atoms with E-state index in [0.29, 0.717) is 16.5 Å². The van der Waals surface area contributed by atoms with Gasteiger partial charge in [0, 0.05) is 11.6 Å². The van der Waals surface area contributed by atoms with Crippen molar-refractivity contribution in [2.24, 2.45) is 5.41 Å². The fourth-order valence-corrected chi connectivity index (χ4v) is 2.53. The first-order valence-electron chi connectivity index (χ1n) is 5.94. The average Bonchev–Trinajstić information content (AvgIpc) is 2.28. The topological polar surface area (TPSA) is 30.5 Å². The molecule has 1 aromatic carbocycles. The molecular weight excluding hydrogens is 250 g/mol. The molecule has 1 unspecified atom stereocenters. The van der Waals surface area contributed by atoms with E-state index in [1.807, 2.05) is 19.2 Å². The summed E-state index contributed by atoms with van der Waals surface area (Å²) in [4.78, 5) is 0. The van der Waals surface area contributed by atoms with Crippen LogP contribution in [0.3, 0.4) is 0 Å². The molecule has 0 fully saturated rings. The lowest BCUT2D eigenvalue weighted by Crippen LogP contribution is -2.30. The van der Waals surface area contributed by atoms with Crippen LogP contribution in [0, 0.1) is 5.41 Å². The molecule has 0 bridgehead atoms. The van der Waals surface area contributed by atoms with Gasteiger partial charge in [-0.1, -0.05) is 32.4 Å². The van der Waals surface area contributed by atoms with Gasteiger partial charge in [-0.15, -0.1) is 0 Å². The fourth-order valence-electron chi connectivity index (χ4n) is 2.20. The van der Waals surface area contributed by atoms with Gasteiger partial charge in [0.05, 0.1) is 14.2 Å². The average molecular weight is 272 g/mol. The summed E-state index contributed by atoms with van der Waals surface area (Å²) in [5, 5.41) is 3.83. The summed E-state index contributed by atoms with van der Waals surface area (Å²) >= 11 is 6.29. The van der Waals surface area contributed by atoms with Crippen molar-refractivity contribution >= 4 is 11.6 Å². The van der Waals surface area contributed by atoms with Crippen molar-refractivity contribution in [3.8, 4) is 11.5 Å². The zero-order chi connectivity index (χ0) is 13.9. The zero-order valence-electron chi connectivity index (χ0n) is 11.9. The number of nitrogens with one attached hydrogen (secondary N) is 1. The van der Waals surface area contributed by atoms with Crippen LogP contribution in [0.25, 0.3) is 0 Å². The van der Waals surface area contributed by atoms with Gasteiger partial charge in [-0.2, -0.15) is 0 Å². The van der Waals surface area contributed by atoms with E-state index >= 15 is 0 Å². The second kappa shape index (κ2) is 5.81. The summed E-state index contributed by atoms with van der Waals surface area (Å²) in [7, 11) is 5.16. The minimum atomic E-state index is 0.0555. The molecule has 0 spiro atoms. The molecule has 1 aromatic rings. The summed E-state index contributed by atoms with van der Waals surface area (Å²) in [5.41, 5.74) is 1.10. The maximum absolute atomic E-state index is 6.29. The Bertz CT molecular complexity index is 413. The zero-order valence-corrected chi connectivity index (χ0v) is 12.7. The van der Waals surface area contributed by atoms with Gasteiger partial charge < -0.3 is 14.8 Å². The van der Waals surface area contributed by atoms with Crippen LogP contribution in [-0.4, -0.2) is 21.3 Å². The van der Waals surface area contributed by atoms with Crippen molar-refractivity contribution in [2.45, 2.75) is 26.8 Å². The molecule has 0 saturated heterocycles. The van der Waals surface area contributed by atoms with E-state index in [4.69, 9.17) is 21.1 Å². The lowest BCUT2D eigenvalue weighted by atomic mass is 9.82. The third kappa shape index (κ3) is 2.90. The number of hydrogen-bond donors (Lipinski definition) is 1. The quantitative estimate of drug-likeness (QED) is 0.906. The van der Waals surface area contributed by atoms with Gasteiger partial charge in [-0.25, -0.2) is 0 Å². The normalized spacial score (nSPS) is 13.3. The first-order chi connectivity index (χ1) is 8.36. The molecule has 0 aliphatic carbocycles. The van der Waals surface area contributed by atoms with Crippen molar-refractivity contribution in [2.75, 3.05) is 21.3 Å². The van der Waals surface area contributed by atoms with E-state index in [1.54, 1.807) is 14.2 Å². The van der Waals surface area contributed by atoms with Crippen LogP contribution < -0.4 is 14.8 Å². The van der Waals surface area contributed by atoms with Crippen molar-refractivity contribution in [1.29, 1.82) is 0 Å². The lowest BCUT2D eigenvalue weighted by molar-refractivity contribution is 0.277. The molecule has 102 valence electrons. The van der Waals surface area contributed by atoms with Crippen LogP contribution >= 0.6 is 11.6 Å². The molecule has 0 radical (unpaired) electrons. The minimum absolute atomic E-state index is 0.0555. The Balaban J connectivity index is 3.36. The number of ether oxygens (including phenoxy) is 2. The SMILES string of the molecule is CNC(c1ccc(OC)c(Cl)c1OC)C(C)(C)C. The highest BCUT2D eigenvalue weighted by molar-refractivity contribution is 6.33. The highest BCUT2D eigenvalue weighted by Gasteiger charge is 2.29. The van der Waals surface area contributed by atoms with Crippen molar-refractivity contribution in [3.05, 3.63) is 22.7 Å². The second-order valence-electron chi connectivity index (χ2n) is 5.29. The highest BCUT2D eigenvalue weighted by Crippen LogP contribution is 2.43. The maximum Gasteiger partial charge on any atom is 0.146 e. The van der Waals surface area contributed by atoms with Gasteiger partial charge in [0.15, 0.2) is 0 Å². The highest BCUT2D eigenvalue weighted by atomic mass is 35.5. The van der Waals surface area contributed by atoms with Crippen LogP contribution in [0.1, 0.15) is 32.4 Å². The van der Waals surface area contributed by atoms with Gasteiger partial charge in [0.1, 0.15) is 16.5 Å². The van der Waals surface area contributed by atoms with E-state index in [-0.39, 0.29) is 11.5 Å². The molecule has 1 atom stereocenters. The molecule has 0 aliphatic heterocycles. The predicted octanol–water partition coefficient (Wildman–Crippen LogP) is 3.66. The maximum atomic E-state index is 6.29. The molecule has 3 nitrogen and oxygen atoms in total. The third-order valence-electron chi connectivity index (χ3n) is 2.98. The van der Waals surface area contributed by atoms with E-state index in [1.165, 1.54) is 0 Å². The van der Waals surface area contributed by atoms with Crippen molar-refractivity contribution < 1.29 is 9.47 Å². The fraction of sp³-hybridized carbons (Fsp3) is 0.571. The molecule has 1 N–H and O–H groups in total. The van der Waals surface area contributed by atoms with Crippen LogP contribution in [-0.2, 0) is 0 Å². The van der Waals surface area contributed by atoms with Gasteiger partial charge in [-0.3, -0.25) is 0 Å². The smallest absolute Gasteiger partial charge is 0.146 e. The van der Waals surface area contributed by atoms with Crippen LogP contribution in [0.15, 0.2) is 12.1 Å². The van der Waals surface area contributed by atoms with Gasteiger partial charge in [0.25, 0.3) is 0 Å². The van der Waals surface area contributed by atoms with Crippen molar-refractivity contribution in [3.63, 3.8) is 0 Å². The molecule has 4 heteroatoms. The third-order valence-corrected chi connectivity index (χ3v) is 3.34. The molecule has 0 aromatic heterocycles. The van der Waals surface area contributed by atoms with E-state index in [9.17, 15) is 0 Å². The Morgan fingerprint density at radius 2 is 1.78 bits per heavy atom. The minimum Gasteiger partial charge on any atom is -0.495 e. The van der Waals surface area contributed by atoms with Crippen LogP contribution in [0.5, 0.6) is 11.5 Å². The molecular formula is C14H22ClNO2.